The van der Waals surface area contributed by atoms with E-state index in [4.69, 9.17) is 80.5 Å². The number of carbonyl (C=O) groups excluding carboxylic acids is 2. The Morgan fingerprint density at radius 1 is 0.272 bits per heavy atom. The highest BCUT2D eigenvalue weighted by molar-refractivity contribution is 5.73. The summed E-state index contributed by atoms with van der Waals surface area (Å²) in [5, 5.41) is 270. The molecular weight excluding hydrogens is 1410 g/mol. The third kappa shape index (κ3) is 18.0. The van der Waals surface area contributed by atoms with E-state index < -0.39 is 328 Å². The van der Waals surface area contributed by atoms with Gasteiger partial charge in [0.05, 0.1) is 58.0 Å². The van der Waals surface area contributed by atoms with Gasteiger partial charge in [0.15, 0.2) is 56.6 Å². The smallest absolute Gasteiger partial charge is 0.217 e. The van der Waals surface area contributed by atoms with Crippen molar-refractivity contribution in [1.29, 1.82) is 0 Å². The molecule has 0 spiro atoms. The molecule has 0 aliphatic carbocycles. The molecule has 1 unspecified atom stereocenters. The van der Waals surface area contributed by atoms with Crippen molar-refractivity contribution in [2.24, 2.45) is 0 Å². The average Bonchev–Trinajstić information content (AvgIpc) is 0.754. The van der Waals surface area contributed by atoms with Gasteiger partial charge < -0.3 is 214 Å². The highest BCUT2D eigenvalue weighted by Gasteiger charge is 2.62. The number of aliphatic hydroxyl groups excluding tert-OH is 24. The molecule has 9 rings (SSSR count). The van der Waals surface area contributed by atoms with Gasteiger partial charge in [-0.25, -0.2) is 0 Å². The fraction of sp³-hybridized carbons (Fsp3) is 0.966. The van der Waals surface area contributed by atoms with Crippen LogP contribution in [-0.4, -0.2) is 450 Å². The van der Waals surface area contributed by atoms with Crippen LogP contribution >= 0.6 is 0 Å². The normalized spacial score (nSPS) is 52.3. The van der Waals surface area contributed by atoms with E-state index in [1.165, 1.54) is 20.8 Å². The number of hydrogen-bond acceptors (Lipinski definition) is 43. The molecule has 0 radical (unpaired) electrons. The SMILES string of the molecule is CC(=O)N[C@@H]1[C@@H](O[C@@H]2O[C@@H](C)[C@@H](O)[C@@H](O)[C@@H]2O)[C@H](O[C@@H]2O[C@H](CO)[C@@H](O[C@@H]3O[C@H](CO)[C@@H](O[C@@H]4O[C@H](CO)[C@H](O)[C@H](O)[C@H]4O)[C@H](O[C@H]4O[C@H](CO)[C@@H](O)[C@H](O)[C@@H]4O)[C@@H]3O)[C@H](O[C@@H]3O[C@@H](C)[C@@H](O)[C@@H](O)[C@@H]3OC3O[C@H](CO)[C@H](O)[C@H](O)[C@H]3O)[C@H]2NC(C)=O)[C@@H](CO[C@@H]2O[C@@H](C)[C@@H](O)[C@@H](O)[C@@H]2O)O[C@H]1O. The Balaban J connectivity index is 1.17. The number of aliphatic hydroxyl groups is 24. The van der Waals surface area contributed by atoms with Gasteiger partial charge in [0, 0.05) is 13.8 Å². The number of ether oxygens (including phenoxy) is 17. The fourth-order valence-electron chi connectivity index (χ4n) is 13.5. The summed E-state index contributed by atoms with van der Waals surface area (Å²) in [7, 11) is 0. The predicted octanol–water partition coefficient (Wildman–Crippen LogP) is -17.3. The van der Waals surface area contributed by atoms with E-state index in [-0.39, 0.29) is 0 Å². The van der Waals surface area contributed by atoms with Crippen LogP contribution in [0.2, 0.25) is 0 Å². The molecule has 2 amide bonds. The average molecular weight is 1510 g/mol. The molecule has 9 fully saturated rings. The minimum atomic E-state index is -2.54. The first-order valence-electron chi connectivity index (χ1n) is 33.2. The monoisotopic (exact) mass is 1510 g/mol. The molecule has 45 atom stereocenters. The van der Waals surface area contributed by atoms with Gasteiger partial charge in [-0.2, -0.15) is 0 Å². The Kier molecular flexibility index (Phi) is 29.5. The molecular formula is C58H98N2O43. The van der Waals surface area contributed by atoms with E-state index in [2.05, 4.69) is 10.6 Å². The first-order valence-corrected chi connectivity index (χ1v) is 33.2. The van der Waals surface area contributed by atoms with E-state index >= 15 is 0 Å². The molecule has 0 saturated carbocycles. The summed E-state index contributed by atoms with van der Waals surface area (Å²) in [5.74, 6) is -1.98. The van der Waals surface area contributed by atoms with Crippen LogP contribution in [0.3, 0.4) is 0 Å². The summed E-state index contributed by atoms with van der Waals surface area (Å²) in [6, 6.07) is -4.06. The van der Waals surface area contributed by atoms with Crippen molar-refractivity contribution in [3.63, 3.8) is 0 Å². The number of rotatable bonds is 24. The van der Waals surface area contributed by atoms with Gasteiger partial charge in [-0.3, -0.25) is 9.59 Å². The standard InChI is InChI=1S/C58H98N2O43/c1-12-25(68)31(74)37(80)52(88-12)87-11-22-45(46(23(50(86)91-22)59-15(4)66)100-53-38(81)32(75)26(69)13(2)89-53)97-51-24(60-16(5)67)47(101-58-49(36(79)27(70)14(3)90-58)103-56-41(84)35(78)30(73)19(8-63)94-56)43(20(9-64)95-51)98-57-42(85)48(102-55-40(83)34(77)29(72)18(7-62)93-55)44(21(10-65)96-57)99-54-39(82)33(76)28(71)17(6-61)92-54/h12-14,17-58,61-65,68-86H,6-11H2,1-5H3,(H,59,66)(H,60,67)/t12-,13-,14-,17+,18+,19+,20+,21+,22+,23+,24+,25+,26+,27+,28-,29+,30-,31+,32+,33-,34-,35-,36+,37-,38-,39+,40-,41+,42-,43+,44+,45+,46+,47+,48+,49-,50+,51-,52+,53-,54-,55+,56?,57-,58-/m0/s1. The van der Waals surface area contributed by atoms with Crippen LogP contribution in [0.4, 0.5) is 0 Å². The highest BCUT2D eigenvalue weighted by Crippen LogP contribution is 2.41. The van der Waals surface area contributed by atoms with Crippen LogP contribution in [0.5, 0.6) is 0 Å². The van der Waals surface area contributed by atoms with Crippen molar-refractivity contribution in [1.82, 2.24) is 10.6 Å². The molecule has 45 nitrogen and oxygen atoms in total. The van der Waals surface area contributed by atoms with Gasteiger partial charge in [-0.1, -0.05) is 0 Å². The lowest BCUT2D eigenvalue weighted by Gasteiger charge is -2.53. The largest absolute Gasteiger partial charge is 0.394 e. The van der Waals surface area contributed by atoms with Crippen LogP contribution in [-0.2, 0) is 90.1 Å². The van der Waals surface area contributed by atoms with Crippen molar-refractivity contribution < 1.29 is 213 Å². The molecule has 9 aliphatic rings. The van der Waals surface area contributed by atoms with Crippen LogP contribution in [0.1, 0.15) is 34.6 Å². The van der Waals surface area contributed by atoms with E-state index in [0.29, 0.717) is 0 Å². The lowest BCUT2D eigenvalue weighted by Crippen LogP contribution is -2.72. The molecule has 45 heteroatoms. The Morgan fingerprint density at radius 2 is 0.563 bits per heavy atom. The summed E-state index contributed by atoms with van der Waals surface area (Å²) >= 11 is 0. The molecule has 598 valence electrons. The zero-order valence-electron chi connectivity index (χ0n) is 55.7. The number of nitrogens with one attached hydrogen (secondary N) is 2. The second-order valence-electron chi connectivity index (χ2n) is 26.6. The quantitative estimate of drug-likeness (QED) is 0.0427. The summed E-state index contributed by atoms with van der Waals surface area (Å²) in [6.07, 6.45) is -87.9. The van der Waals surface area contributed by atoms with E-state index in [1.54, 1.807) is 0 Å². The highest BCUT2D eigenvalue weighted by atomic mass is 16.8. The Bertz CT molecular complexity index is 2650. The van der Waals surface area contributed by atoms with Gasteiger partial charge in [0.1, 0.15) is 201 Å². The number of amides is 2. The molecule has 9 saturated heterocycles. The second-order valence-corrected chi connectivity index (χ2v) is 26.6. The third-order valence-electron chi connectivity index (χ3n) is 19.4. The molecule has 103 heavy (non-hydrogen) atoms. The zero-order chi connectivity index (χ0) is 75.8. The Labute approximate surface area is 584 Å². The van der Waals surface area contributed by atoms with E-state index in [9.17, 15) is 132 Å². The van der Waals surface area contributed by atoms with E-state index in [0.717, 1.165) is 13.8 Å². The maximum atomic E-state index is 14.0. The van der Waals surface area contributed by atoms with Crippen molar-refractivity contribution in [3.05, 3.63) is 0 Å². The van der Waals surface area contributed by atoms with Gasteiger partial charge in [-0.15, -0.1) is 0 Å². The van der Waals surface area contributed by atoms with Gasteiger partial charge in [-0.05, 0) is 20.8 Å². The summed E-state index contributed by atoms with van der Waals surface area (Å²) in [5.41, 5.74) is 0. The summed E-state index contributed by atoms with van der Waals surface area (Å²) in [6.45, 7) is -1.01. The van der Waals surface area contributed by atoms with Crippen LogP contribution in [0.25, 0.3) is 0 Å². The Morgan fingerprint density at radius 3 is 1.01 bits per heavy atom. The third-order valence-corrected chi connectivity index (χ3v) is 19.4. The first-order chi connectivity index (χ1) is 48.6. The maximum absolute atomic E-state index is 14.0. The number of carbonyl (C=O) groups is 2. The molecule has 0 bridgehead atoms. The Hall–Kier alpha value is -2.70. The van der Waals surface area contributed by atoms with Gasteiger partial charge >= 0.3 is 0 Å². The number of hydrogen-bond donors (Lipinski definition) is 26. The maximum Gasteiger partial charge on any atom is 0.217 e. The molecule has 9 aliphatic heterocycles. The van der Waals surface area contributed by atoms with Crippen molar-refractivity contribution in [3.8, 4) is 0 Å². The second kappa shape index (κ2) is 36.0. The topological polar surface area (TPSA) is 701 Å². The van der Waals surface area contributed by atoms with Crippen LogP contribution < -0.4 is 10.6 Å². The molecule has 0 aromatic heterocycles. The summed E-state index contributed by atoms with van der Waals surface area (Å²) < 4.78 is 103. The van der Waals surface area contributed by atoms with Gasteiger partial charge in [0.2, 0.25) is 11.8 Å². The molecule has 26 N–H and O–H groups in total. The lowest BCUT2D eigenvalue weighted by molar-refractivity contribution is -0.410. The lowest BCUT2D eigenvalue weighted by atomic mass is 9.92. The van der Waals surface area contributed by atoms with Crippen LogP contribution in [0, 0.1) is 0 Å². The van der Waals surface area contributed by atoms with Crippen molar-refractivity contribution in [2.75, 3.05) is 39.6 Å². The zero-order valence-corrected chi connectivity index (χ0v) is 55.7. The minimum absolute atomic E-state index is 0.906. The van der Waals surface area contributed by atoms with Crippen molar-refractivity contribution in [2.45, 2.75) is 311 Å². The van der Waals surface area contributed by atoms with Crippen LogP contribution in [0.15, 0.2) is 0 Å². The molecule has 0 aromatic carbocycles. The fourth-order valence-corrected chi connectivity index (χ4v) is 13.5. The predicted molar refractivity (Wildman–Crippen MR) is 316 cm³/mol. The molecule has 9 heterocycles. The van der Waals surface area contributed by atoms with Gasteiger partial charge in [0.25, 0.3) is 0 Å². The van der Waals surface area contributed by atoms with Crippen molar-refractivity contribution >= 4 is 11.8 Å². The van der Waals surface area contributed by atoms with E-state index in [1.807, 2.05) is 0 Å². The first kappa shape index (κ1) is 84.3. The summed E-state index contributed by atoms with van der Waals surface area (Å²) in [4.78, 5) is 27.1. The minimum Gasteiger partial charge on any atom is -0.394 e. The molecule has 0 aromatic rings.